The molecule has 104 valence electrons. The highest BCUT2D eigenvalue weighted by atomic mass is 35.5. The van der Waals surface area contributed by atoms with Crippen LogP contribution < -0.4 is 0 Å². The summed E-state index contributed by atoms with van der Waals surface area (Å²) in [5.74, 6) is 0.484. The van der Waals surface area contributed by atoms with Gasteiger partial charge in [0.2, 0.25) is 0 Å². The van der Waals surface area contributed by atoms with Crippen LogP contribution in [-0.2, 0) is 4.74 Å². The summed E-state index contributed by atoms with van der Waals surface area (Å²) < 4.78 is 5.43. The van der Waals surface area contributed by atoms with E-state index in [0.29, 0.717) is 23.2 Å². The van der Waals surface area contributed by atoms with Crippen molar-refractivity contribution >= 4 is 17.5 Å². The molecule has 1 aromatic rings. The van der Waals surface area contributed by atoms with Crippen molar-refractivity contribution in [2.75, 3.05) is 20.2 Å². The Labute approximate surface area is 118 Å². The lowest BCUT2D eigenvalue weighted by Crippen LogP contribution is -2.46. The minimum Gasteiger partial charge on any atom is -0.379 e. The summed E-state index contributed by atoms with van der Waals surface area (Å²) in [6, 6.07) is 3.39. The fourth-order valence-electron chi connectivity index (χ4n) is 2.46. The van der Waals surface area contributed by atoms with Gasteiger partial charge in [0.05, 0.1) is 6.10 Å². The molecule has 0 N–H and O–H groups in total. The van der Waals surface area contributed by atoms with E-state index in [1.807, 2.05) is 11.8 Å². The standard InChI is InChI=1S/C14H19ClN2O2/c1-9-4-5-17(8-12(9)19-3)14(18)11-6-10(2)16-13(15)7-11/h6-7,9,12H,4-5,8H2,1-3H3. The number of pyridine rings is 1. The summed E-state index contributed by atoms with van der Waals surface area (Å²) in [6.07, 6.45) is 1.07. The number of hydrogen-bond donors (Lipinski definition) is 0. The van der Waals surface area contributed by atoms with Crippen molar-refractivity contribution in [1.29, 1.82) is 0 Å². The first-order chi connectivity index (χ1) is 9.01. The van der Waals surface area contributed by atoms with Crippen molar-refractivity contribution in [3.63, 3.8) is 0 Å². The first-order valence-electron chi connectivity index (χ1n) is 6.47. The Bertz CT molecular complexity index is 458. The van der Waals surface area contributed by atoms with Gasteiger partial charge in [-0.25, -0.2) is 4.98 Å². The van der Waals surface area contributed by atoms with E-state index in [2.05, 4.69) is 11.9 Å². The smallest absolute Gasteiger partial charge is 0.254 e. The molecule has 0 bridgehead atoms. The van der Waals surface area contributed by atoms with Crippen LogP contribution in [-0.4, -0.2) is 42.1 Å². The number of carbonyl (C=O) groups excluding carboxylic acids is 1. The molecule has 2 atom stereocenters. The lowest BCUT2D eigenvalue weighted by molar-refractivity contribution is -0.00157. The second kappa shape index (κ2) is 5.88. The Hall–Kier alpha value is -1.13. The minimum absolute atomic E-state index is 0.00125. The van der Waals surface area contributed by atoms with Crippen molar-refractivity contribution in [3.8, 4) is 0 Å². The SMILES string of the molecule is COC1CN(C(=O)c2cc(C)nc(Cl)c2)CCC1C. The quantitative estimate of drug-likeness (QED) is 0.783. The van der Waals surface area contributed by atoms with E-state index < -0.39 is 0 Å². The summed E-state index contributed by atoms with van der Waals surface area (Å²) >= 11 is 5.91. The van der Waals surface area contributed by atoms with Gasteiger partial charge in [-0.15, -0.1) is 0 Å². The summed E-state index contributed by atoms with van der Waals surface area (Å²) in [4.78, 5) is 18.4. The van der Waals surface area contributed by atoms with E-state index in [0.717, 1.165) is 18.7 Å². The molecule has 1 amide bonds. The molecule has 1 aromatic heterocycles. The first kappa shape index (κ1) is 14.3. The molecule has 2 heterocycles. The number of ether oxygens (including phenoxy) is 1. The second-order valence-electron chi connectivity index (χ2n) is 5.11. The number of halogens is 1. The monoisotopic (exact) mass is 282 g/mol. The van der Waals surface area contributed by atoms with Crippen molar-refractivity contribution in [1.82, 2.24) is 9.88 Å². The Morgan fingerprint density at radius 2 is 2.26 bits per heavy atom. The number of piperidine rings is 1. The molecule has 5 heteroatoms. The Morgan fingerprint density at radius 3 is 2.89 bits per heavy atom. The number of nitrogens with zero attached hydrogens (tertiary/aromatic N) is 2. The fourth-order valence-corrected chi connectivity index (χ4v) is 2.71. The van der Waals surface area contributed by atoms with Crippen LogP contribution in [0.15, 0.2) is 12.1 Å². The first-order valence-corrected chi connectivity index (χ1v) is 6.85. The van der Waals surface area contributed by atoms with Crippen LogP contribution >= 0.6 is 11.6 Å². The third-order valence-corrected chi connectivity index (χ3v) is 3.84. The molecule has 1 fully saturated rings. The van der Waals surface area contributed by atoms with E-state index >= 15 is 0 Å². The number of aryl methyl sites for hydroxylation is 1. The molecule has 4 nitrogen and oxygen atoms in total. The van der Waals surface area contributed by atoms with Crippen LogP contribution in [0.25, 0.3) is 0 Å². The highest BCUT2D eigenvalue weighted by molar-refractivity contribution is 6.29. The fraction of sp³-hybridized carbons (Fsp3) is 0.571. The number of aromatic nitrogens is 1. The maximum Gasteiger partial charge on any atom is 0.254 e. The van der Waals surface area contributed by atoms with Gasteiger partial charge in [-0.05, 0) is 31.4 Å². The number of methoxy groups -OCH3 is 1. The topological polar surface area (TPSA) is 42.4 Å². The van der Waals surface area contributed by atoms with Crippen molar-refractivity contribution in [3.05, 3.63) is 28.5 Å². The Kier molecular flexibility index (Phi) is 4.42. The highest BCUT2D eigenvalue weighted by Gasteiger charge is 2.29. The lowest BCUT2D eigenvalue weighted by Gasteiger charge is -2.36. The van der Waals surface area contributed by atoms with E-state index in [1.165, 1.54) is 0 Å². The van der Waals surface area contributed by atoms with Gasteiger partial charge < -0.3 is 9.64 Å². The molecule has 2 unspecified atom stereocenters. The number of amides is 1. The van der Waals surface area contributed by atoms with Crippen LogP contribution in [0, 0.1) is 12.8 Å². The maximum atomic E-state index is 12.5. The lowest BCUT2D eigenvalue weighted by atomic mass is 9.95. The van der Waals surface area contributed by atoms with Crippen molar-refractivity contribution in [2.24, 2.45) is 5.92 Å². The molecule has 0 radical (unpaired) electrons. The zero-order valence-corrected chi connectivity index (χ0v) is 12.3. The summed E-state index contributed by atoms with van der Waals surface area (Å²) in [5, 5.41) is 0.358. The van der Waals surface area contributed by atoms with Gasteiger partial charge in [-0.2, -0.15) is 0 Å². The number of likely N-dealkylation sites (tertiary alicyclic amines) is 1. The van der Waals surface area contributed by atoms with E-state index in [9.17, 15) is 4.79 Å². The summed E-state index contributed by atoms with van der Waals surface area (Å²) in [6.45, 7) is 5.39. The molecule has 2 rings (SSSR count). The molecular weight excluding hydrogens is 264 g/mol. The molecular formula is C14H19ClN2O2. The Balaban J connectivity index is 2.15. The zero-order chi connectivity index (χ0) is 14.0. The number of rotatable bonds is 2. The van der Waals surface area contributed by atoms with Crippen molar-refractivity contribution < 1.29 is 9.53 Å². The normalized spacial score (nSPS) is 23.5. The zero-order valence-electron chi connectivity index (χ0n) is 11.5. The highest BCUT2D eigenvalue weighted by Crippen LogP contribution is 2.22. The maximum absolute atomic E-state index is 12.5. The third-order valence-electron chi connectivity index (χ3n) is 3.65. The minimum atomic E-state index is 0.00125. The van der Waals surface area contributed by atoms with E-state index in [-0.39, 0.29) is 12.0 Å². The summed E-state index contributed by atoms with van der Waals surface area (Å²) in [5.41, 5.74) is 1.35. The van der Waals surface area contributed by atoms with E-state index in [4.69, 9.17) is 16.3 Å². The van der Waals surface area contributed by atoms with Crippen molar-refractivity contribution in [2.45, 2.75) is 26.4 Å². The number of hydrogen-bond acceptors (Lipinski definition) is 3. The van der Waals surface area contributed by atoms with Gasteiger partial charge in [0, 0.05) is 31.5 Å². The van der Waals surface area contributed by atoms with Gasteiger partial charge in [0.15, 0.2) is 0 Å². The van der Waals surface area contributed by atoms with Gasteiger partial charge in [0.25, 0.3) is 5.91 Å². The second-order valence-corrected chi connectivity index (χ2v) is 5.50. The third kappa shape index (κ3) is 3.25. The number of carbonyl (C=O) groups is 1. The van der Waals surface area contributed by atoms with Gasteiger partial charge in [-0.1, -0.05) is 18.5 Å². The van der Waals surface area contributed by atoms with Gasteiger partial charge >= 0.3 is 0 Å². The predicted octanol–water partition coefficient (Wildman–Crippen LogP) is 2.54. The molecule has 1 aliphatic rings. The van der Waals surface area contributed by atoms with Crippen LogP contribution in [0.1, 0.15) is 29.4 Å². The van der Waals surface area contributed by atoms with Gasteiger partial charge in [-0.3, -0.25) is 4.79 Å². The molecule has 0 aliphatic carbocycles. The average Bonchev–Trinajstić information content (AvgIpc) is 2.37. The van der Waals surface area contributed by atoms with Gasteiger partial charge in [0.1, 0.15) is 5.15 Å². The van der Waals surface area contributed by atoms with Crippen LogP contribution in [0.2, 0.25) is 5.15 Å². The molecule has 1 aliphatic heterocycles. The largest absolute Gasteiger partial charge is 0.379 e. The molecule has 0 aromatic carbocycles. The average molecular weight is 283 g/mol. The van der Waals surface area contributed by atoms with Crippen LogP contribution in [0.4, 0.5) is 0 Å². The van der Waals surface area contributed by atoms with Crippen LogP contribution in [0.5, 0.6) is 0 Å². The molecule has 1 saturated heterocycles. The Morgan fingerprint density at radius 1 is 1.53 bits per heavy atom. The molecule has 0 saturated carbocycles. The van der Waals surface area contributed by atoms with E-state index in [1.54, 1.807) is 19.2 Å². The molecule has 19 heavy (non-hydrogen) atoms. The van der Waals surface area contributed by atoms with Crippen LogP contribution in [0.3, 0.4) is 0 Å². The predicted molar refractivity (Wildman–Crippen MR) is 74.5 cm³/mol. The summed E-state index contributed by atoms with van der Waals surface area (Å²) in [7, 11) is 1.70. The molecule has 0 spiro atoms.